The van der Waals surface area contributed by atoms with E-state index in [2.05, 4.69) is 25.9 Å². The van der Waals surface area contributed by atoms with Crippen LogP contribution in [0.5, 0.6) is 0 Å². The molecule has 1 saturated carbocycles. The second-order valence-corrected chi connectivity index (χ2v) is 3.51. The van der Waals surface area contributed by atoms with Crippen LogP contribution in [0.3, 0.4) is 0 Å². The van der Waals surface area contributed by atoms with Crippen LogP contribution in [0.2, 0.25) is 0 Å². The minimum absolute atomic E-state index is 0.535. The van der Waals surface area contributed by atoms with Crippen molar-refractivity contribution in [3.05, 3.63) is 0 Å². The van der Waals surface area contributed by atoms with Crippen LogP contribution in [0.15, 0.2) is 0 Å². The van der Waals surface area contributed by atoms with Gasteiger partial charge in [0.2, 0.25) is 0 Å². The normalized spacial score (nSPS) is 31.6. The average molecular weight is 157 g/mol. The standard InChI is InChI=1S/C9H19NO/c1-4-11-9-6-5-8(7-9)10(2)3/h8-9H,4-7H2,1-3H3. The number of hydrogen-bond donors (Lipinski definition) is 0. The zero-order chi connectivity index (χ0) is 8.27. The van der Waals surface area contributed by atoms with Gasteiger partial charge in [-0.05, 0) is 40.3 Å². The van der Waals surface area contributed by atoms with Gasteiger partial charge >= 0.3 is 0 Å². The summed E-state index contributed by atoms with van der Waals surface area (Å²) in [7, 11) is 4.30. The first-order valence-electron chi connectivity index (χ1n) is 4.52. The minimum atomic E-state index is 0.535. The van der Waals surface area contributed by atoms with E-state index in [4.69, 9.17) is 4.74 Å². The van der Waals surface area contributed by atoms with Crippen molar-refractivity contribution in [3.63, 3.8) is 0 Å². The maximum atomic E-state index is 5.56. The molecule has 1 rings (SSSR count). The van der Waals surface area contributed by atoms with Gasteiger partial charge in [-0.15, -0.1) is 0 Å². The van der Waals surface area contributed by atoms with Crippen LogP contribution in [0, 0.1) is 0 Å². The Bertz CT molecular complexity index is 114. The van der Waals surface area contributed by atoms with Gasteiger partial charge in [0.15, 0.2) is 0 Å². The number of ether oxygens (including phenoxy) is 1. The number of rotatable bonds is 3. The Morgan fingerprint density at radius 3 is 2.55 bits per heavy atom. The number of hydrogen-bond acceptors (Lipinski definition) is 2. The monoisotopic (exact) mass is 157 g/mol. The Hall–Kier alpha value is -0.0800. The highest BCUT2D eigenvalue weighted by atomic mass is 16.5. The molecule has 0 aromatic rings. The predicted octanol–water partition coefficient (Wildman–Crippen LogP) is 1.51. The molecule has 0 saturated heterocycles. The molecule has 1 aliphatic rings. The molecule has 66 valence electrons. The highest BCUT2D eigenvalue weighted by Crippen LogP contribution is 2.24. The first kappa shape index (κ1) is 9.01. The van der Waals surface area contributed by atoms with Gasteiger partial charge in [0, 0.05) is 12.6 Å². The van der Waals surface area contributed by atoms with Gasteiger partial charge in [0.1, 0.15) is 0 Å². The summed E-state index contributed by atoms with van der Waals surface area (Å²) in [6.45, 7) is 2.94. The van der Waals surface area contributed by atoms with Gasteiger partial charge in [-0.2, -0.15) is 0 Å². The molecule has 0 aromatic heterocycles. The SMILES string of the molecule is CCOC1CCC(N(C)C)C1. The fourth-order valence-corrected chi connectivity index (χ4v) is 1.77. The van der Waals surface area contributed by atoms with E-state index in [0.29, 0.717) is 6.10 Å². The maximum absolute atomic E-state index is 5.56. The lowest BCUT2D eigenvalue weighted by atomic mass is 10.2. The molecule has 2 nitrogen and oxygen atoms in total. The van der Waals surface area contributed by atoms with E-state index >= 15 is 0 Å². The van der Waals surface area contributed by atoms with Crippen LogP contribution >= 0.6 is 0 Å². The van der Waals surface area contributed by atoms with E-state index in [1.165, 1.54) is 19.3 Å². The highest BCUT2D eigenvalue weighted by Gasteiger charge is 2.25. The molecule has 0 aliphatic heterocycles. The summed E-state index contributed by atoms with van der Waals surface area (Å²) < 4.78 is 5.56. The summed E-state index contributed by atoms with van der Waals surface area (Å²) in [6, 6.07) is 0.756. The van der Waals surface area contributed by atoms with Gasteiger partial charge < -0.3 is 9.64 Å². The van der Waals surface area contributed by atoms with Gasteiger partial charge in [-0.1, -0.05) is 0 Å². The lowest BCUT2D eigenvalue weighted by Gasteiger charge is -2.18. The fourth-order valence-electron chi connectivity index (χ4n) is 1.77. The predicted molar refractivity (Wildman–Crippen MR) is 46.7 cm³/mol. The van der Waals surface area contributed by atoms with Crippen molar-refractivity contribution < 1.29 is 4.74 Å². The second kappa shape index (κ2) is 4.07. The first-order chi connectivity index (χ1) is 5.24. The summed E-state index contributed by atoms with van der Waals surface area (Å²) in [4.78, 5) is 2.30. The first-order valence-corrected chi connectivity index (χ1v) is 4.52. The van der Waals surface area contributed by atoms with Crippen molar-refractivity contribution in [1.82, 2.24) is 4.90 Å². The molecule has 0 N–H and O–H groups in total. The molecule has 0 radical (unpaired) electrons. The third kappa shape index (κ3) is 2.46. The van der Waals surface area contributed by atoms with E-state index in [9.17, 15) is 0 Å². The molecule has 2 unspecified atom stereocenters. The van der Waals surface area contributed by atoms with Crippen LogP contribution < -0.4 is 0 Å². The van der Waals surface area contributed by atoms with Gasteiger partial charge in [-0.3, -0.25) is 0 Å². The Morgan fingerprint density at radius 1 is 1.36 bits per heavy atom. The van der Waals surface area contributed by atoms with E-state index in [-0.39, 0.29) is 0 Å². The van der Waals surface area contributed by atoms with Gasteiger partial charge in [-0.25, -0.2) is 0 Å². The molecule has 2 heteroatoms. The maximum Gasteiger partial charge on any atom is 0.0590 e. The molecule has 1 aliphatic carbocycles. The van der Waals surface area contributed by atoms with Crippen LogP contribution in [0.25, 0.3) is 0 Å². The highest BCUT2D eigenvalue weighted by molar-refractivity contribution is 4.80. The fraction of sp³-hybridized carbons (Fsp3) is 1.00. The average Bonchev–Trinajstić information content (AvgIpc) is 2.37. The quantitative estimate of drug-likeness (QED) is 0.615. The summed E-state index contributed by atoms with van der Waals surface area (Å²) in [6.07, 6.45) is 4.31. The van der Waals surface area contributed by atoms with Crippen LogP contribution in [0.4, 0.5) is 0 Å². The summed E-state index contributed by atoms with van der Waals surface area (Å²) in [5, 5.41) is 0. The van der Waals surface area contributed by atoms with E-state index < -0.39 is 0 Å². The van der Waals surface area contributed by atoms with Gasteiger partial charge in [0.05, 0.1) is 6.10 Å². The van der Waals surface area contributed by atoms with Crippen molar-refractivity contribution in [1.29, 1.82) is 0 Å². The second-order valence-electron chi connectivity index (χ2n) is 3.51. The molecule has 0 spiro atoms. The molecule has 0 amide bonds. The van der Waals surface area contributed by atoms with Crippen LogP contribution in [0.1, 0.15) is 26.2 Å². The van der Waals surface area contributed by atoms with Crippen molar-refractivity contribution in [2.75, 3.05) is 20.7 Å². The van der Waals surface area contributed by atoms with Crippen molar-refractivity contribution >= 4 is 0 Å². The summed E-state index contributed by atoms with van der Waals surface area (Å²) >= 11 is 0. The largest absolute Gasteiger partial charge is 0.378 e. The molecule has 11 heavy (non-hydrogen) atoms. The molecule has 1 fully saturated rings. The topological polar surface area (TPSA) is 12.5 Å². The Labute approximate surface area is 69.5 Å². The molecule has 2 atom stereocenters. The zero-order valence-electron chi connectivity index (χ0n) is 7.84. The van der Waals surface area contributed by atoms with Crippen molar-refractivity contribution in [3.8, 4) is 0 Å². The Balaban J connectivity index is 2.23. The molecule has 0 heterocycles. The van der Waals surface area contributed by atoms with Crippen LogP contribution in [-0.4, -0.2) is 37.7 Å². The van der Waals surface area contributed by atoms with Crippen molar-refractivity contribution in [2.24, 2.45) is 0 Å². The van der Waals surface area contributed by atoms with E-state index in [1.54, 1.807) is 0 Å². The smallest absolute Gasteiger partial charge is 0.0590 e. The molecular formula is C9H19NO. The molecular weight excluding hydrogens is 138 g/mol. The zero-order valence-corrected chi connectivity index (χ0v) is 7.84. The summed E-state index contributed by atoms with van der Waals surface area (Å²) in [5.41, 5.74) is 0. The summed E-state index contributed by atoms with van der Waals surface area (Å²) in [5.74, 6) is 0. The van der Waals surface area contributed by atoms with Gasteiger partial charge in [0.25, 0.3) is 0 Å². The lowest BCUT2D eigenvalue weighted by Crippen LogP contribution is -2.25. The van der Waals surface area contributed by atoms with E-state index in [0.717, 1.165) is 12.6 Å². The minimum Gasteiger partial charge on any atom is -0.378 e. The third-order valence-electron chi connectivity index (χ3n) is 2.49. The Kier molecular flexibility index (Phi) is 3.34. The lowest BCUT2D eigenvalue weighted by molar-refractivity contribution is 0.0634. The van der Waals surface area contributed by atoms with E-state index in [1.807, 2.05) is 0 Å². The number of nitrogens with zero attached hydrogens (tertiary/aromatic N) is 1. The third-order valence-corrected chi connectivity index (χ3v) is 2.49. The molecule has 0 bridgehead atoms. The Morgan fingerprint density at radius 2 is 2.09 bits per heavy atom. The van der Waals surface area contributed by atoms with Crippen molar-refractivity contribution in [2.45, 2.75) is 38.3 Å². The molecule has 0 aromatic carbocycles. The van der Waals surface area contributed by atoms with Crippen LogP contribution in [-0.2, 0) is 4.74 Å².